The molecule has 19 heavy (non-hydrogen) atoms. The Morgan fingerprint density at radius 1 is 0.789 bits per heavy atom. The van der Waals surface area contributed by atoms with E-state index in [0.717, 1.165) is 0 Å². The van der Waals surface area contributed by atoms with Gasteiger partial charge in [-0.3, -0.25) is 9.59 Å². The van der Waals surface area contributed by atoms with Gasteiger partial charge in [-0.15, -0.1) is 0 Å². The lowest BCUT2D eigenvalue weighted by molar-refractivity contribution is 0.0989. The molecular formula is C14H13N3O2. The van der Waals surface area contributed by atoms with Crippen molar-refractivity contribution in [1.82, 2.24) is 0 Å². The van der Waals surface area contributed by atoms with Crippen LogP contribution in [0, 0.1) is 0 Å². The van der Waals surface area contributed by atoms with Gasteiger partial charge in [-0.05, 0) is 17.7 Å². The van der Waals surface area contributed by atoms with Gasteiger partial charge in [0.05, 0.1) is 11.3 Å². The third-order valence-electron chi connectivity index (χ3n) is 2.84. The average molecular weight is 255 g/mol. The molecule has 5 nitrogen and oxygen atoms in total. The molecule has 96 valence electrons. The Labute approximate surface area is 110 Å². The van der Waals surface area contributed by atoms with E-state index in [2.05, 4.69) is 0 Å². The van der Waals surface area contributed by atoms with Gasteiger partial charge in [-0.25, -0.2) is 0 Å². The van der Waals surface area contributed by atoms with Crippen LogP contribution in [0.4, 0.5) is 5.69 Å². The minimum absolute atomic E-state index is 0.162. The molecule has 0 aliphatic carbocycles. The van der Waals surface area contributed by atoms with Gasteiger partial charge in [0.15, 0.2) is 0 Å². The Hall–Kier alpha value is -2.82. The minimum atomic E-state index is -0.647. The summed E-state index contributed by atoms with van der Waals surface area (Å²) in [4.78, 5) is 22.8. The van der Waals surface area contributed by atoms with Crippen LogP contribution in [0.2, 0.25) is 0 Å². The number of hydrogen-bond acceptors (Lipinski definition) is 3. The summed E-state index contributed by atoms with van der Waals surface area (Å²) in [7, 11) is 0. The Kier molecular flexibility index (Phi) is 3.20. The highest BCUT2D eigenvalue weighted by Crippen LogP contribution is 2.32. The molecule has 0 aliphatic heterocycles. The maximum absolute atomic E-state index is 11.5. The van der Waals surface area contributed by atoms with Crippen LogP contribution >= 0.6 is 0 Å². The highest BCUT2D eigenvalue weighted by atomic mass is 16.1. The lowest BCUT2D eigenvalue weighted by Gasteiger charge is -2.13. The number of carbonyl (C=O) groups is 2. The molecule has 0 spiro atoms. The molecule has 5 heteroatoms. The van der Waals surface area contributed by atoms with Gasteiger partial charge in [0.25, 0.3) is 5.91 Å². The van der Waals surface area contributed by atoms with Gasteiger partial charge in [-0.1, -0.05) is 30.3 Å². The highest BCUT2D eigenvalue weighted by molar-refractivity contribution is 6.08. The van der Waals surface area contributed by atoms with Crippen LogP contribution in [-0.4, -0.2) is 11.8 Å². The second kappa shape index (κ2) is 4.81. The monoisotopic (exact) mass is 255 g/mol. The summed E-state index contributed by atoms with van der Waals surface area (Å²) in [6, 6.07) is 11.9. The number of anilines is 1. The van der Waals surface area contributed by atoms with Crippen LogP contribution in [0.15, 0.2) is 42.5 Å². The third kappa shape index (κ3) is 2.26. The summed E-state index contributed by atoms with van der Waals surface area (Å²) in [6.45, 7) is 0. The Morgan fingerprint density at radius 3 is 1.84 bits per heavy atom. The molecule has 0 saturated carbocycles. The van der Waals surface area contributed by atoms with E-state index in [1.807, 2.05) is 6.07 Å². The zero-order valence-corrected chi connectivity index (χ0v) is 10.1. The van der Waals surface area contributed by atoms with Crippen LogP contribution in [0.5, 0.6) is 0 Å². The molecule has 2 aromatic carbocycles. The molecule has 0 saturated heterocycles. The summed E-state index contributed by atoms with van der Waals surface area (Å²) >= 11 is 0. The van der Waals surface area contributed by atoms with Crippen molar-refractivity contribution in [2.75, 3.05) is 5.73 Å². The summed E-state index contributed by atoms with van der Waals surface area (Å²) < 4.78 is 0. The second-order valence-corrected chi connectivity index (χ2v) is 4.04. The molecule has 0 aromatic heterocycles. The van der Waals surface area contributed by atoms with E-state index in [-0.39, 0.29) is 16.8 Å². The fraction of sp³-hybridized carbons (Fsp3) is 0. The van der Waals surface area contributed by atoms with Crippen molar-refractivity contribution < 1.29 is 9.59 Å². The van der Waals surface area contributed by atoms with Crippen LogP contribution < -0.4 is 17.2 Å². The molecule has 0 bridgehead atoms. The fourth-order valence-corrected chi connectivity index (χ4v) is 1.96. The smallest absolute Gasteiger partial charge is 0.250 e. The Balaban J connectivity index is 2.78. The number of carbonyl (C=O) groups excluding carboxylic acids is 2. The zero-order valence-electron chi connectivity index (χ0n) is 10.1. The first-order chi connectivity index (χ1) is 9.02. The minimum Gasteiger partial charge on any atom is -0.398 e. The molecule has 6 N–H and O–H groups in total. The summed E-state index contributed by atoms with van der Waals surface area (Å²) in [5, 5.41) is 0. The topological polar surface area (TPSA) is 112 Å². The van der Waals surface area contributed by atoms with Crippen molar-refractivity contribution in [3.05, 3.63) is 53.6 Å². The highest BCUT2D eigenvalue weighted by Gasteiger charge is 2.18. The quantitative estimate of drug-likeness (QED) is 0.714. The number of hydrogen-bond donors (Lipinski definition) is 3. The van der Waals surface area contributed by atoms with Crippen LogP contribution in [0.3, 0.4) is 0 Å². The molecule has 2 aromatic rings. The summed E-state index contributed by atoms with van der Waals surface area (Å²) in [5.74, 6) is -1.26. The maximum atomic E-state index is 11.5. The van der Waals surface area contributed by atoms with Crippen molar-refractivity contribution >= 4 is 17.5 Å². The van der Waals surface area contributed by atoms with Crippen molar-refractivity contribution in [1.29, 1.82) is 0 Å². The van der Waals surface area contributed by atoms with Gasteiger partial charge >= 0.3 is 0 Å². The van der Waals surface area contributed by atoms with Crippen molar-refractivity contribution in [3.63, 3.8) is 0 Å². The molecule has 0 unspecified atom stereocenters. The second-order valence-electron chi connectivity index (χ2n) is 4.04. The lowest BCUT2D eigenvalue weighted by atomic mass is 9.94. The standard InChI is InChI=1S/C14H13N3O2/c15-12-10(14(17)19)7-6-9(13(16)18)11(12)8-4-2-1-3-5-8/h1-7H,15H2,(H2,16,18)(H2,17,19). The van der Waals surface area contributed by atoms with Gasteiger partial charge in [0.1, 0.15) is 0 Å². The van der Waals surface area contributed by atoms with E-state index >= 15 is 0 Å². The summed E-state index contributed by atoms with van der Waals surface area (Å²) in [6.07, 6.45) is 0. The number of nitrogen functional groups attached to an aromatic ring is 1. The third-order valence-corrected chi connectivity index (χ3v) is 2.84. The number of benzene rings is 2. The Morgan fingerprint density at radius 2 is 1.32 bits per heavy atom. The first kappa shape index (κ1) is 12.6. The maximum Gasteiger partial charge on any atom is 0.250 e. The molecule has 0 aliphatic rings. The normalized spacial score (nSPS) is 10.1. The first-order valence-electron chi connectivity index (χ1n) is 5.60. The number of rotatable bonds is 3. The first-order valence-corrected chi connectivity index (χ1v) is 5.60. The SMILES string of the molecule is NC(=O)c1ccc(C(N)=O)c(-c2ccccc2)c1N. The predicted molar refractivity (Wildman–Crippen MR) is 73.3 cm³/mol. The van der Waals surface area contributed by atoms with Gasteiger partial charge in [-0.2, -0.15) is 0 Å². The average Bonchev–Trinajstić information content (AvgIpc) is 2.38. The van der Waals surface area contributed by atoms with Crippen LogP contribution in [-0.2, 0) is 0 Å². The molecule has 0 fully saturated rings. The molecule has 0 radical (unpaired) electrons. The van der Waals surface area contributed by atoms with Crippen molar-refractivity contribution in [3.8, 4) is 11.1 Å². The van der Waals surface area contributed by atoms with E-state index in [1.54, 1.807) is 24.3 Å². The van der Waals surface area contributed by atoms with Crippen molar-refractivity contribution in [2.24, 2.45) is 11.5 Å². The number of nitrogens with two attached hydrogens (primary N) is 3. The van der Waals surface area contributed by atoms with E-state index in [4.69, 9.17) is 17.2 Å². The largest absolute Gasteiger partial charge is 0.398 e. The van der Waals surface area contributed by atoms with E-state index in [0.29, 0.717) is 11.1 Å². The van der Waals surface area contributed by atoms with Gasteiger partial charge in [0.2, 0.25) is 5.91 Å². The molecular weight excluding hydrogens is 242 g/mol. The van der Waals surface area contributed by atoms with Crippen LogP contribution in [0.1, 0.15) is 20.7 Å². The van der Waals surface area contributed by atoms with Gasteiger partial charge in [0, 0.05) is 11.1 Å². The molecule has 2 rings (SSSR count). The van der Waals surface area contributed by atoms with E-state index in [1.165, 1.54) is 12.1 Å². The number of amides is 2. The predicted octanol–water partition coefficient (Wildman–Crippen LogP) is 1.13. The lowest BCUT2D eigenvalue weighted by Crippen LogP contribution is -2.18. The molecule has 2 amide bonds. The fourth-order valence-electron chi connectivity index (χ4n) is 1.96. The molecule has 0 atom stereocenters. The zero-order chi connectivity index (χ0) is 14.0. The summed E-state index contributed by atoms with van der Waals surface area (Å²) in [5.41, 5.74) is 18.3. The molecule has 0 heterocycles. The van der Waals surface area contributed by atoms with Crippen LogP contribution in [0.25, 0.3) is 11.1 Å². The Bertz CT molecular complexity index is 651. The van der Waals surface area contributed by atoms with Crippen molar-refractivity contribution in [2.45, 2.75) is 0 Å². The van der Waals surface area contributed by atoms with E-state index in [9.17, 15) is 9.59 Å². The van der Waals surface area contributed by atoms with E-state index < -0.39 is 11.8 Å². The van der Waals surface area contributed by atoms with Gasteiger partial charge < -0.3 is 17.2 Å². The number of primary amides is 2.